The van der Waals surface area contributed by atoms with Gasteiger partial charge in [-0.1, -0.05) is 4.49 Å². The Balaban J connectivity index is 1.93. The van der Waals surface area contributed by atoms with Crippen molar-refractivity contribution in [3.8, 4) is 0 Å². The van der Waals surface area contributed by atoms with Gasteiger partial charge in [-0.3, -0.25) is 4.90 Å². The van der Waals surface area contributed by atoms with Crippen molar-refractivity contribution in [2.24, 2.45) is 0 Å². The van der Waals surface area contributed by atoms with E-state index < -0.39 is 0 Å². The molecule has 0 unspecified atom stereocenters. The summed E-state index contributed by atoms with van der Waals surface area (Å²) in [7, 11) is 0. The van der Waals surface area contributed by atoms with Gasteiger partial charge in [0.2, 0.25) is 0 Å². The summed E-state index contributed by atoms with van der Waals surface area (Å²) in [6, 6.07) is 0. The second-order valence-corrected chi connectivity index (χ2v) is 3.81. The minimum atomic E-state index is 0.566. The van der Waals surface area contributed by atoms with Crippen LogP contribution in [-0.4, -0.2) is 40.8 Å². The zero-order chi connectivity index (χ0) is 9.10. The van der Waals surface area contributed by atoms with Gasteiger partial charge in [-0.15, -0.1) is 5.10 Å². The van der Waals surface area contributed by atoms with Crippen LogP contribution in [-0.2, 0) is 11.3 Å². The second-order valence-electron chi connectivity index (χ2n) is 2.97. The lowest BCUT2D eigenvalue weighted by Crippen LogP contribution is -2.35. The minimum Gasteiger partial charge on any atom is -0.381 e. The van der Waals surface area contributed by atoms with E-state index in [4.69, 9.17) is 10.5 Å². The molecule has 0 aliphatic carbocycles. The van der Waals surface area contributed by atoms with Crippen LogP contribution in [0.2, 0.25) is 0 Å². The third kappa shape index (κ3) is 2.15. The molecule has 13 heavy (non-hydrogen) atoms. The Kier molecular flexibility index (Phi) is 2.72. The van der Waals surface area contributed by atoms with E-state index in [0.29, 0.717) is 5.82 Å². The highest BCUT2D eigenvalue weighted by molar-refractivity contribution is 7.06. The maximum atomic E-state index is 5.64. The van der Waals surface area contributed by atoms with Gasteiger partial charge < -0.3 is 10.5 Å². The SMILES string of the molecule is Nc1nnsc1CN1CCOCC1. The molecule has 2 rings (SSSR count). The predicted molar refractivity (Wildman–Crippen MR) is 50.4 cm³/mol. The molecule has 0 amide bonds. The van der Waals surface area contributed by atoms with Crippen LogP contribution in [0.15, 0.2) is 0 Å². The van der Waals surface area contributed by atoms with Gasteiger partial charge >= 0.3 is 0 Å². The van der Waals surface area contributed by atoms with Crippen molar-refractivity contribution in [3.63, 3.8) is 0 Å². The topological polar surface area (TPSA) is 64.3 Å². The number of anilines is 1. The van der Waals surface area contributed by atoms with Gasteiger partial charge in [0.15, 0.2) is 5.82 Å². The molecule has 0 spiro atoms. The summed E-state index contributed by atoms with van der Waals surface area (Å²) in [4.78, 5) is 3.36. The number of nitrogens with two attached hydrogens (primary N) is 1. The largest absolute Gasteiger partial charge is 0.381 e. The number of nitrogen functional groups attached to an aromatic ring is 1. The average Bonchev–Trinajstić information content (AvgIpc) is 2.54. The maximum absolute atomic E-state index is 5.64. The fourth-order valence-corrected chi connectivity index (χ4v) is 1.89. The molecular formula is C7H12N4OS. The number of hydrogen-bond acceptors (Lipinski definition) is 6. The molecule has 1 aliphatic rings. The number of nitrogens with zero attached hydrogens (tertiary/aromatic N) is 3. The monoisotopic (exact) mass is 200 g/mol. The molecule has 1 saturated heterocycles. The number of rotatable bonds is 2. The molecule has 0 aromatic carbocycles. The average molecular weight is 200 g/mol. The van der Waals surface area contributed by atoms with Crippen molar-refractivity contribution in [2.45, 2.75) is 6.54 Å². The first-order chi connectivity index (χ1) is 6.36. The zero-order valence-electron chi connectivity index (χ0n) is 7.27. The molecule has 0 bridgehead atoms. The zero-order valence-corrected chi connectivity index (χ0v) is 8.09. The van der Waals surface area contributed by atoms with Crippen LogP contribution in [0, 0.1) is 0 Å². The maximum Gasteiger partial charge on any atom is 0.163 e. The molecule has 0 atom stereocenters. The Morgan fingerprint density at radius 3 is 2.85 bits per heavy atom. The van der Waals surface area contributed by atoms with Gasteiger partial charge in [-0.25, -0.2) is 0 Å². The fraction of sp³-hybridized carbons (Fsp3) is 0.714. The van der Waals surface area contributed by atoms with Crippen LogP contribution in [0.1, 0.15) is 4.88 Å². The minimum absolute atomic E-state index is 0.566. The Morgan fingerprint density at radius 2 is 2.23 bits per heavy atom. The lowest BCUT2D eigenvalue weighted by atomic mass is 10.4. The van der Waals surface area contributed by atoms with Crippen molar-refractivity contribution in [1.82, 2.24) is 14.5 Å². The van der Waals surface area contributed by atoms with E-state index >= 15 is 0 Å². The Morgan fingerprint density at radius 1 is 1.46 bits per heavy atom. The van der Waals surface area contributed by atoms with E-state index in [2.05, 4.69) is 14.5 Å². The van der Waals surface area contributed by atoms with Crippen molar-refractivity contribution in [3.05, 3.63) is 4.88 Å². The van der Waals surface area contributed by atoms with Gasteiger partial charge in [0.25, 0.3) is 0 Å². The molecule has 0 saturated carbocycles. The van der Waals surface area contributed by atoms with Gasteiger partial charge in [0.1, 0.15) is 0 Å². The third-order valence-corrected chi connectivity index (χ3v) is 2.78. The van der Waals surface area contributed by atoms with Gasteiger partial charge in [0, 0.05) is 19.6 Å². The van der Waals surface area contributed by atoms with E-state index in [0.717, 1.165) is 37.7 Å². The smallest absolute Gasteiger partial charge is 0.163 e. The fourth-order valence-electron chi connectivity index (χ4n) is 1.29. The summed E-state index contributed by atoms with van der Waals surface area (Å²) in [5.41, 5.74) is 5.64. The van der Waals surface area contributed by atoms with Crippen LogP contribution in [0.3, 0.4) is 0 Å². The predicted octanol–water partition coefficient (Wildman–Crippen LogP) is -0.0475. The van der Waals surface area contributed by atoms with Gasteiger partial charge in [-0.2, -0.15) is 0 Å². The van der Waals surface area contributed by atoms with Gasteiger partial charge in [0.05, 0.1) is 18.1 Å². The van der Waals surface area contributed by atoms with Crippen LogP contribution in [0.4, 0.5) is 5.82 Å². The summed E-state index contributed by atoms with van der Waals surface area (Å²) in [5.74, 6) is 0.566. The molecule has 0 radical (unpaired) electrons. The van der Waals surface area contributed by atoms with Crippen molar-refractivity contribution >= 4 is 17.4 Å². The summed E-state index contributed by atoms with van der Waals surface area (Å²) in [6.07, 6.45) is 0. The summed E-state index contributed by atoms with van der Waals surface area (Å²) in [5, 5.41) is 3.77. The highest BCUT2D eigenvalue weighted by atomic mass is 32.1. The van der Waals surface area contributed by atoms with E-state index in [1.54, 1.807) is 0 Å². The Labute approximate surface area is 80.7 Å². The van der Waals surface area contributed by atoms with Crippen LogP contribution in [0.25, 0.3) is 0 Å². The van der Waals surface area contributed by atoms with E-state index in [9.17, 15) is 0 Å². The van der Waals surface area contributed by atoms with Crippen LogP contribution < -0.4 is 5.73 Å². The lowest BCUT2D eigenvalue weighted by molar-refractivity contribution is 0.0347. The Bertz CT molecular complexity index is 271. The molecule has 2 heterocycles. The van der Waals surface area contributed by atoms with Crippen molar-refractivity contribution in [2.75, 3.05) is 32.0 Å². The molecule has 6 heteroatoms. The van der Waals surface area contributed by atoms with Crippen molar-refractivity contribution in [1.29, 1.82) is 0 Å². The van der Waals surface area contributed by atoms with Gasteiger partial charge in [-0.05, 0) is 11.5 Å². The molecule has 5 nitrogen and oxygen atoms in total. The number of morpholine rings is 1. The van der Waals surface area contributed by atoms with E-state index in [1.165, 1.54) is 11.5 Å². The van der Waals surface area contributed by atoms with E-state index in [-0.39, 0.29) is 0 Å². The van der Waals surface area contributed by atoms with Crippen LogP contribution in [0.5, 0.6) is 0 Å². The highest BCUT2D eigenvalue weighted by Crippen LogP contribution is 2.15. The number of ether oxygens (including phenoxy) is 1. The third-order valence-electron chi connectivity index (χ3n) is 2.06. The number of aromatic nitrogens is 2. The molecule has 72 valence electrons. The second kappa shape index (κ2) is 3.99. The summed E-state index contributed by atoms with van der Waals surface area (Å²) < 4.78 is 9.04. The lowest BCUT2D eigenvalue weighted by Gasteiger charge is -2.25. The Hall–Kier alpha value is -0.720. The molecule has 2 N–H and O–H groups in total. The molecule has 1 aromatic heterocycles. The first-order valence-corrected chi connectivity index (χ1v) is 5.00. The van der Waals surface area contributed by atoms with Crippen molar-refractivity contribution < 1.29 is 4.74 Å². The summed E-state index contributed by atoms with van der Waals surface area (Å²) >= 11 is 1.37. The highest BCUT2D eigenvalue weighted by Gasteiger charge is 2.13. The first kappa shape index (κ1) is 8.86. The molecule has 1 aromatic rings. The molecular weight excluding hydrogens is 188 g/mol. The molecule has 1 aliphatic heterocycles. The standard InChI is InChI=1S/C7H12N4OS/c8-7-6(13-10-9-7)5-11-1-3-12-4-2-11/h1-5,8H2. The summed E-state index contributed by atoms with van der Waals surface area (Å²) in [6.45, 7) is 4.42. The van der Waals surface area contributed by atoms with E-state index in [1.807, 2.05) is 0 Å². The van der Waals surface area contributed by atoms with Crippen LogP contribution >= 0.6 is 11.5 Å². The normalized spacial score (nSPS) is 19.1. The first-order valence-electron chi connectivity index (χ1n) is 4.23. The number of hydrogen-bond donors (Lipinski definition) is 1. The molecule has 1 fully saturated rings. The quantitative estimate of drug-likeness (QED) is 0.725.